The molecule has 0 atom stereocenters. The lowest BCUT2D eigenvalue weighted by Gasteiger charge is -2.14. The van der Waals surface area contributed by atoms with Crippen LogP contribution in [0, 0.1) is 13.8 Å². The van der Waals surface area contributed by atoms with Crippen molar-refractivity contribution in [1.29, 1.82) is 0 Å². The van der Waals surface area contributed by atoms with Crippen LogP contribution in [0.1, 0.15) is 67.9 Å². The van der Waals surface area contributed by atoms with E-state index in [-0.39, 0.29) is 0 Å². The Labute approximate surface area is 170 Å². The minimum atomic E-state index is 0.481. The van der Waals surface area contributed by atoms with E-state index in [0.717, 1.165) is 65.0 Å². The molecular weight excluding hydrogens is 378 g/mol. The van der Waals surface area contributed by atoms with Crippen molar-refractivity contribution in [3.05, 3.63) is 33.2 Å². The molecule has 3 rings (SSSR count). The van der Waals surface area contributed by atoms with Gasteiger partial charge in [0.15, 0.2) is 5.65 Å². The maximum atomic E-state index is 6.52. The minimum Gasteiger partial charge on any atom is -0.310 e. The van der Waals surface area contributed by atoms with E-state index in [1.165, 1.54) is 5.56 Å². The van der Waals surface area contributed by atoms with E-state index in [1.807, 2.05) is 18.4 Å². The summed E-state index contributed by atoms with van der Waals surface area (Å²) in [6, 6.07) is 2.18. The number of fused-ring (bicyclic) bond motifs is 1. The molecule has 5 nitrogen and oxygen atoms in total. The number of aryl methyl sites for hydroxylation is 2. The summed E-state index contributed by atoms with van der Waals surface area (Å²) >= 11 is 8.14. The van der Waals surface area contributed by atoms with Gasteiger partial charge in [-0.1, -0.05) is 32.4 Å². The van der Waals surface area contributed by atoms with Crippen molar-refractivity contribution in [3.63, 3.8) is 0 Å². The number of imidazole rings is 1. The minimum absolute atomic E-state index is 0.481. The largest absolute Gasteiger partial charge is 0.310 e. The second-order valence-electron chi connectivity index (χ2n) is 6.94. The molecule has 3 aromatic rings. The van der Waals surface area contributed by atoms with Crippen LogP contribution in [-0.4, -0.2) is 26.1 Å². The molecule has 3 aromatic heterocycles. The van der Waals surface area contributed by atoms with Gasteiger partial charge in [-0.15, -0.1) is 11.3 Å². The van der Waals surface area contributed by atoms with Gasteiger partial charge in [0.05, 0.1) is 16.3 Å². The first-order valence-corrected chi connectivity index (χ1v) is 10.9. The van der Waals surface area contributed by atoms with Gasteiger partial charge in [-0.2, -0.15) is 5.10 Å². The number of aromatic nitrogens is 4. The molecule has 0 aromatic carbocycles. The highest BCUT2D eigenvalue weighted by atomic mass is 35.5. The number of hydrogen-bond donors (Lipinski definition) is 1. The number of nitrogens with zero attached hydrogens (tertiary/aromatic N) is 4. The zero-order chi connectivity index (χ0) is 19.6. The zero-order valence-electron chi connectivity index (χ0n) is 16.8. The Balaban J connectivity index is 2.12. The van der Waals surface area contributed by atoms with Gasteiger partial charge in [0, 0.05) is 12.1 Å². The maximum absolute atomic E-state index is 6.52. The third kappa shape index (κ3) is 4.03. The first-order valence-electron chi connectivity index (χ1n) is 9.73. The molecular formula is C20H28ClN5S. The molecule has 0 aliphatic heterocycles. The smallest absolute Gasteiger partial charge is 0.158 e. The second-order valence-corrected chi connectivity index (χ2v) is 8.38. The fraction of sp³-hybridized carbons (Fsp3) is 0.550. The lowest BCUT2D eigenvalue weighted by Crippen LogP contribution is -2.13. The molecule has 0 spiro atoms. The number of nitrogens with one attached hydrogen (secondary N) is 1. The van der Waals surface area contributed by atoms with Gasteiger partial charge < -0.3 is 5.32 Å². The predicted molar refractivity (Wildman–Crippen MR) is 114 cm³/mol. The highest BCUT2D eigenvalue weighted by Gasteiger charge is 2.23. The Morgan fingerprint density at radius 2 is 1.93 bits per heavy atom. The normalized spacial score (nSPS) is 11.8. The summed E-state index contributed by atoms with van der Waals surface area (Å²) in [6.45, 7) is 12.4. The molecule has 0 saturated carbocycles. The van der Waals surface area contributed by atoms with Crippen molar-refractivity contribution in [2.45, 2.75) is 66.3 Å². The molecule has 146 valence electrons. The monoisotopic (exact) mass is 405 g/mol. The van der Waals surface area contributed by atoms with Gasteiger partial charge in [0.2, 0.25) is 0 Å². The Morgan fingerprint density at radius 3 is 2.59 bits per heavy atom. The van der Waals surface area contributed by atoms with Crippen LogP contribution in [0.25, 0.3) is 16.2 Å². The summed E-state index contributed by atoms with van der Waals surface area (Å²) < 4.78 is 1.97. The first kappa shape index (κ1) is 20.2. The molecule has 0 fully saturated rings. The number of halogens is 1. The summed E-state index contributed by atoms with van der Waals surface area (Å²) in [5.74, 6) is 0.481. The molecule has 3 heterocycles. The quantitative estimate of drug-likeness (QED) is 0.501. The lowest BCUT2D eigenvalue weighted by molar-refractivity contribution is 0.638. The van der Waals surface area contributed by atoms with E-state index in [1.54, 1.807) is 11.3 Å². The van der Waals surface area contributed by atoms with Crippen molar-refractivity contribution < 1.29 is 0 Å². The van der Waals surface area contributed by atoms with E-state index in [0.29, 0.717) is 11.1 Å². The van der Waals surface area contributed by atoms with Gasteiger partial charge in [-0.3, -0.25) is 0 Å². The number of hydrogen-bond acceptors (Lipinski definition) is 5. The third-order valence-corrected chi connectivity index (χ3v) is 6.33. The van der Waals surface area contributed by atoms with Gasteiger partial charge in [0.25, 0.3) is 0 Å². The molecule has 7 heteroatoms. The fourth-order valence-corrected chi connectivity index (χ4v) is 4.87. The topological polar surface area (TPSA) is 55.1 Å². The van der Waals surface area contributed by atoms with E-state index in [9.17, 15) is 0 Å². The van der Waals surface area contributed by atoms with Crippen LogP contribution in [0.5, 0.6) is 0 Å². The van der Waals surface area contributed by atoms with Crippen LogP contribution < -0.4 is 5.32 Å². The highest BCUT2D eigenvalue weighted by Crippen LogP contribution is 2.37. The molecule has 0 aliphatic carbocycles. The van der Waals surface area contributed by atoms with E-state index in [2.05, 4.69) is 37.1 Å². The Kier molecular flexibility index (Phi) is 6.50. The molecule has 0 bridgehead atoms. The Hall–Kier alpha value is -1.50. The van der Waals surface area contributed by atoms with Gasteiger partial charge >= 0.3 is 0 Å². The van der Waals surface area contributed by atoms with Crippen molar-refractivity contribution in [2.24, 2.45) is 0 Å². The first-order chi connectivity index (χ1) is 13.0. The van der Waals surface area contributed by atoms with Crippen molar-refractivity contribution >= 4 is 28.6 Å². The van der Waals surface area contributed by atoms with E-state index >= 15 is 0 Å². The zero-order valence-corrected chi connectivity index (χ0v) is 18.3. The third-order valence-electron chi connectivity index (χ3n) is 4.88. The average Bonchev–Trinajstić information content (AvgIpc) is 3.15. The lowest BCUT2D eigenvalue weighted by atomic mass is 9.95. The van der Waals surface area contributed by atoms with Crippen LogP contribution in [0.15, 0.2) is 6.07 Å². The van der Waals surface area contributed by atoms with Crippen molar-refractivity contribution in [3.8, 4) is 10.6 Å². The summed E-state index contributed by atoms with van der Waals surface area (Å²) in [7, 11) is 0. The van der Waals surface area contributed by atoms with Crippen LogP contribution in [0.4, 0.5) is 0 Å². The van der Waals surface area contributed by atoms with Gasteiger partial charge in [-0.25, -0.2) is 14.5 Å². The molecule has 0 aliphatic rings. The van der Waals surface area contributed by atoms with Gasteiger partial charge in [0.1, 0.15) is 15.9 Å². The fourth-order valence-electron chi connectivity index (χ4n) is 3.50. The highest BCUT2D eigenvalue weighted by molar-refractivity contribution is 7.15. The van der Waals surface area contributed by atoms with Crippen molar-refractivity contribution in [2.75, 3.05) is 6.54 Å². The summed E-state index contributed by atoms with van der Waals surface area (Å²) in [5, 5.41) is 9.68. The van der Waals surface area contributed by atoms with Crippen LogP contribution in [0.2, 0.25) is 5.15 Å². The molecule has 0 unspecified atom stereocenters. The standard InChI is InChI=1S/C20H28ClN5S/c1-6-9-22-11-16-24-19(21)18(27-16)17-13(5)23-20-15(14(7-2)8-3)10-12(4)25-26(17)20/h10,14,22H,6-9,11H2,1-5H3. The van der Waals surface area contributed by atoms with Crippen molar-refractivity contribution in [1.82, 2.24) is 24.9 Å². The summed E-state index contributed by atoms with van der Waals surface area (Å²) in [4.78, 5) is 10.4. The van der Waals surface area contributed by atoms with E-state index in [4.69, 9.17) is 21.7 Å². The Bertz CT molecular complexity index is 926. The predicted octanol–water partition coefficient (Wildman–Crippen LogP) is 5.53. The van der Waals surface area contributed by atoms with E-state index < -0.39 is 0 Å². The summed E-state index contributed by atoms with van der Waals surface area (Å²) in [5.41, 5.74) is 5.11. The maximum Gasteiger partial charge on any atom is 0.158 e. The number of rotatable bonds is 8. The molecule has 0 saturated heterocycles. The molecule has 0 radical (unpaired) electrons. The molecule has 1 N–H and O–H groups in total. The van der Waals surface area contributed by atoms with Crippen LogP contribution in [-0.2, 0) is 6.54 Å². The molecule has 0 amide bonds. The second kappa shape index (κ2) is 8.67. The summed E-state index contributed by atoms with van der Waals surface area (Å²) in [6.07, 6.45) is 3.27. The van der Waals surface area contributed by atoms with Gasteiger partial charge in [-0.05, 0) is 51.6 Å². The average molecular weight is 406 g/mol. The Morgan fingerprint density at radius 1 is 1.19 bits per heavy atom. The number of thiazole rings is 1. The van der Waals surface area contributed by atoms with Crippen LogP contribution in [0.3, 0.4) is 0 Å². The molecule has 27 heavy (non-hydrogen) atoms. The SMILES string of the molecule is CCCNCc1nc(Cl)c(-c2c(C)nc3c(C(CC)CC)cc(C)nn23)s1. The van der Waals surface area contributed by atoms with Crippen LogP contribution >= 0.6 is 22.9 Å².